The average molecular weight is 256 g/mol. The van der Waals surface area contributed by atoms with E-state index in [-0.39, 0.29) is 11.9 Å². The highest BCUT2D eigenvalue weighted by Crippen LogP contribution is 2.26. The van der Waals surface area contributed by atoms with Crippen LogP contribution in [0.4, 0.5) is 0 Å². The minimum atomic E-state index is 0.216. The predicted molar refractivity (Wildman–Crippen MR) is 73.3 cm³/mol. The monoisotopic (exact) mass is 256 g/mol. The SMILES string of the molecule is CCOCCN(CC)C(=O)CC1CCCCC1N. The maximum atomic E-state index is 12.2. The summed E-state index contributed by atoms with van der Waals surface area (Å²) in [6.07, 6.45) is 5.23. The van der Waals surface area contributed by atoms with E-state index in [2.05, 4.69) is 0 Å². The van der Waals surface area contributed by atoms with Gasteiger partial charge in [-0.3, -0.25) is 4.79 Å². The normalized spacial score (nSPS) is 23.9. The third-order valence-corrected chi connectivity index (χ3v) is 3.85. The van der Waals surface area contributed by atoms with E-state index < -0.39 is 0 Å². The summed E-state index contributed by atoms with van der Waals surface area (Å²) in [4.78, 5) is 14.1. The molecular formula is C14H28N2O2. The lowest BCUT2D eigenvalue weighted by atomic mass is 9.83. The van der Waals surface area contributed by atoms with Crippen molar-refractivity contribution in [3.05, 3.63) is 0 Å². The molecule has 0 aliphatic heterocycles. The second-order valence-electron chi connectivity index (χ2n) is 5.08. The molecule has 4 nitrogen and oxygen atoms in total. The summed E-state index contributed by atoms with van der Waals surface area (Å²) in [6.45, 7) is 6.79. The molecule has 0 aromatic rings. The first kappa shape index (κ1) is 15.4. The number of ether oxygens (including phenoxy) is 1. The largest absolute Gasteiger partial charge is 0.380 e. The lowest BCUT2D eigenvalue weighted by Gasteiger charge is -2.30. The average Bonchev–Trinajstić information content (AvgIpc) is 2.37. The van der Waals surface area contributed by atoms with Gasteiger partial charge >= 0.3 is 0 Å². The van der Waals surface area contributed by atoms with Crippen LogP contribution in [-0.4, -0.2) is 43.2 Å². The summed E-state index contributed by atoms with van der Waals surface area (Å²) < 4.78 is 5.31. The number of likely N-dealkylation sites (N-methyl/N-ethyl adjacent to an activating group) is 1. The molecule has 0 aromatic heterocycles. The Morgan fingerprint density at radius 2 is 2.06 bits per heavy atom. The van der Waals surface area contributed by atoms with E-state index in [4.69, 9.17) is 10.5 Å². The fourth-order valence-corrected chi connectivity index (χ4v) is 2.62. The number of hydrogen-bond donors (Lipinski definition) is 1. The van der Waals surface area contributed by atoms with E-state index in [9.17, 15) is 4.79 Å². The van der Waals surface area contributed by atoms with Crippen molar-refractivity contribution in [2.75, 3.05) is 26.3 Å². The molecule has 1 saturated carbocycles. The number of carbonyl (C=O) groups excluding carboxylic acids is 1. The number of nitrogens with two attached hydrogens (primary N) is 1. The number of rotatable bonds is 7. The highest BCUT2D eigenvalue weighted by atomic mass is 16.5. The van der Waals surface area contributed by atoms with Crippen molar-refractivity contribution in [3.63, 3.8) is 0 Å². The maximum Gasteiger partial charge on any atom is 0.222 e. The van der Waals surface area contributed by atoms with Gasteiger partial charge in [-0.05, 0) is 32.6 Å². The van der Waals surface area contributed by atoms with Gasteiger partial charge in [-0.1, -0.05) is 12.8 Å². The van der Waals surface area contributed by atoms with Crippen LogP contribution in [0.5, 0.6) is 0 Å². The fraction of sp³-hybridized carbons (Fsp3) is 0.929. The van der Waals surface area contributed by atoms with E-state index >= 15 is 0 Å². The Morgan fingerprint density at radius 3 is 2.67 bits per heavy atom. The lowest BCUT2D eigenvalue weighted by Crippen LogP contribution is -2.40. The second-order valence-corrected chi connectivity index (χ2v) is 5.08. The minimum Gasteiger partial charge on any atom is -0.380 e. The van der Waals surface area contributed by atoms with E-state index in [0.29, 0.717) is 32.1 Å². The molecular weight excluding hydrogens is 228 g/mol. The molecule has 18 heavy (non-hydrogen) atoms. The van der Waals surface area contributed by atoms with Gasteiger partial charge in [-0.25, -0.2) is 0 Å². The number of carbonyl (C=O) groups is 1. The van der Waals surface area contributed by atoms with Gasteiger partial charge in [0.2, 0.25) is 5.91 Å². The summed E-state index contributed by atoms with van der Waals surface area (Å²) in [7, 11) is 0. The highest BCUT2D eigenvalue weighted by Gasteiger charge is 2.25. The van der Waals surface area contributed by atoms with Crippen molar-refractivity contribution in [2.45, 2.75) is 52.0 Å². The van der Waals surface area contributed by atoms with Crippen LogP contribution in [0.2, 0.25) is 0 Å². The summed E-state index contributed by atoms with van der Waals surface area (Å²) in [6, 6.07) is 0.216. The van der Waals surface area contributed by atoms with Crippen molar-refractivity contribution in [1.82, 2.24) is 4.90 Å². The summed E-state index contributed by atoms with van der Waals surface area (Å²) in [5, 5.41) is 0. The maximum absolute atomic E-state index is 12.2. The van der Waals surface area contributed by atoms with Gasteiger partial charge in [-0.15, -0.1) is 0 Å². The molecule has 2 N–H and O–H groups in total. The number of nitrogens with zero attached hydrogens (tertiary/aromatic N) is 1. The molecule has 1 aliphatic carbocycles. The van der Waals surface area contributed by atoms with Crippen molar-refractivity contribution in [3.8, 4) is 0 Å². The summed E-state index contributed by atoms with van der Waals surface area (Å²) in [5.74, 6) is 0.618. The molecule has 1 rings (SSSR count). The van der Waals surface area contributed by atoms with Crippen LogP contribution >= 0.6 is 0 Å². The van der Waals surface area contributed by atoms with E-state index in [1.54, 1.807) is 0 Å². The summed E-state index contributed by atoms with van der Waals surface area (Å²) in [5.41, 5.74) is 6.10. The van der Waals surface area contributed by atoms with Gasteiger partial charge in [0, 0.05) is 32.2 Å². The topological polar surface area (TPSA) is 55.6 Å². The molecule has 0 saturated heterocycles. The number of hydrogen-bond acceptors (Lipinski definition) is 3. The number of amides is 1. The van der Waals surface area contributed by atoms with Crippen LogP contribution in [-0.2, 0) is 9.53 Å². The molecule has 1 fully saturated rings. The molecule has 0 heterocycles. The molecule has 0 radical (unpaired) electrons. The second kappa shape index (κ2) is 8.48. The van der Waals surface area contributed by atoms with E-state index in [1.807, 2.05) is 18.7 Å². The van der Waals surface area contributed by atoms with Crippen molar-refractivity contribution in [2.24, 2.45) is 11.7 Å². The van der Waals surface area contributed by atoms with Crippen LogP contribution < -0.4 is 5.73 Å². The highest BCUT2D eigenvalue weighted by molar-refractivity contribution is 5.76. The Morgan fingerprint density at radius 1 is 1.33 bits per heavy atom. The zero-order valence-corrected chi connectivity index (χ0v) is 11.9. The standard InChI is InChI=1S/C14H28N2O2/c1-3-16(9-10-18-4-2)14(17)11-12-7-5-6-8-13(12)15/h12-13H,3-11,15H2,1-2H3. The molecule has 1 aliphatic rings. The quantitative estimate of drug-likeness (QED) is 0.706. The molecule has 106 valence electrons. The Balaban J connectivity index is 2.35. The lowest BCUT2D eigenvalue weighted by molar-refractivity contribution is -0.133. The first-order chi connectivity index (χ1) is 8.69. The summed E-state index contributed by atoms with van der Waals surface area (Å²) >= 11 is 0. The van der Waals surface area contributed by atoms with Crippen LogP contribution in [0.15, 0.2) is 0 Å². The Kier molecular flexibility index (Phi) is 7.28. The van der Waals surface area contributed by atoms with Crippen LogP contribution in [0.3, 0.4) is 0 Å². The molecule has 2 unspecified atom stereocenters. The first-order valence-electron chi connectivity index (χ1n) is 7.30. The zero-order valence-electron chi connectivity index (χ0n) is 11.9. The Hall–Kier alpha value is -0.610. The fourth-order valence-electron chi connectivity index (χ4n) is 2.62. The molecule has 0 aromatic carbocycles. The van der Waals surface area contributed by atoms with Crippen LogP contribution in [0, 0.1) is 5.92 Å². The van der Waals surface area contributed by atoms with Gasteiger partial charge < -0.3 is 15.4 Å². The zero-order chi connectivity index (χ0) is 13.4. The minimum absolute atomic E-state index is 0.216. The van der Waals surface area contributed by atoms with Gasteiger partial charge in [-0.2, -0.15) is 0 Å². The van der Waals surface area contributed by atoms with Crippen LogP contribution in [0.1, 0.15) is 46.0 Å². The van der Waals surface area contributed by atoms with Gasteiger partial charge in [0.15, 0.2) is 0 Å². The van der Waals surface area contributed by atoms with Crippen LogP contribution in [0.25, 0.3) is 0 Å². The van der Waals surface area contributed by atoms with E-state index in [1.165, 1.54) is 12.8 Å². The van der Waals surface area contributed by atoms with Gasteiger partial charge in [0.1, 0.15) is 0 Å². The van der Waals surface area contributed by atoms with Gasteiger partial charge in [0.05, 0.1) is 6.61 Å². The smallest absolute Gasteiger partial charge is 0.222 e. The van der Waals surface area contributed by atoms with Crippen molar-refractivity contribution < 1.29 is 9.53 Å². The molecule has 0 bridgehead atoms. The third-order valence-electron chi connectivity index (χ3n) is 3.85. The molecule has 0 spiro atoms. The predicted octanol–water partition coefficient (Wildman–Crippen LogP) is 1.78. The third kappa shape index (κ3) is 4.94. The van der Waals surface area contributed by atoms with E-state index in [0.717, 1.165) is 19.4 Å². The van der Waals surface area contributed by atoms with Crippen molar-refractivity contribution >= 4 is 5.91 Å². The Bertz CT molecular complexity index is 246. The van der Waals surface area contributed by atoms with Crippen molar-refractivity contribution in [1.29, 1.82) is 0 Å². The Labute approximate surface area is 111 Å². The van der Waals surface area contributed by atoms with Gasteiger partial charge in [0.25, 0.3) is 0 Å². The molecule has 2 atom stereocenters. The molecule has 1 amide bonds. The molecule has 4 heteroatoms. The first-order valence-corrected chi connectivity index (χ1v) is 7.30.